The summed E-state index contributed by atoms with van der Waals surface area (Å²) in [5.74, 6) is -2.26. The Morgan fingerprint density at radius 1 is 1.08 bits per heavy atom. The quantitative estimate of drug-likeness (QED) is 0.225. The largest absolute Gasteiger partial charge is 0.417 e. The average molecular weight is 523 g/mol. The number of halogens is 4. The van der Waals surface area contributed by atoms with Gasteiger partial charge in [-0.15, -0.1) is 0 Å². The van der Waals surface area contributed by atoms with Gasteiger partial charge in [0, 0.05) is 35.3 Å². The van der Waals surface area contributed by atoms with E-state index < -0.39 is 40.7 Å². The van der Waals surface area contributed by atoms with E-state index in [4.69, 9.17) is 0 Å². The van der Waals surface area contributed by atoms with Crippen LogP contribution in [0.3, 0.4) is 0 Å². The van der Waals surface area contributed by atoms with Crippen LogP contribution in [0.25, 0.3) is 33.4 Å². The summed E-state index contributed by atoms with van der Waals surface area (Å²) >= 11 is 0. The number of rotatable bonds is 5. The standard InChI is InChI=1S/C28H22F4N4O2/c1-15(37)17-8-9-23-20(12-17)26(25(33-23)16-6-4-3-5-7-16)34-27(38)19-13-18(24-10-11-36(2)35-24)21(14-22(19)29)28(30,31)32/h3-15,33,37H,1-2H3,(H,34,38). The number of hydrogen-bond donors (Lipinski definition) is 3. The van der Waals surface area contributed by atoms with Crippen LogP contribution in [-0.4, -0.2) is 25.8 Å². The molecule has 3 aromatic carbocycles. The second-order valence-electron chi connectivity index (χ2n) is 8.93. The molecule has 194 valence electrons. The molecule has 6 nitrogen and oxygen atoms in total. The molecule has 5 aromatic rings. The van der Waals surface area contributed by atoms with Crippen LogP contribution in [0.4, 0.5) is 23.2 Å². The van der Waals surface area contributed by atoms with Crippen LogP contribution in [0.2, 0.25) is 0 Å². The highest BCUT2D eigenvalue weighted by Crippen LogP contribution is 2.40. The normalized spacial score (nSPS) is 12.6. The predicted octanol–water partition coefficient (Wildman–Crippen LogP) is 6.70. The number of nitrogens with zero attached hydrogens (tertiary/aromatic N) is 2. The molecule has 1 atom stereocenters. The van der Waals surface area contributed by atoms with Crippen LogP contribution in [0.15, 0.2) is 72.9 Å². The number of aliphatic hydroxyl groups excluding tert-OH is 1. The van der Waals surface area contributed by atoms with Crippen molar-refractivity contribution >= 4 is 22.5 Å². The first-order valence-corrected chi connectivity index (χ1v) is 11.6. The number of H-pyrrole nitrogens is 1. The number of fused-ring (bicyclic) bond motifs is 1. The minimum atomic E-state index is -4.86. The van der Waals surface area contributed by atoms with Gasteiger partial charge in [0.25, 0.3) is 5.91 Å². The maximum absolute atomic E-state index is 15.0. The van der Waals surface area contributed by atoms with Crippen molar-refractivity contribution < 1.29 is 27.5 Å². The van der Waals surface area contributed by atoms with Crippen LogP contribution in [0.1, 0.15) is 34.5 Å². The fourth-order valence-corrected chi connectivity index (χ4v) is 4.35. The Morgan fingerprint density at radius 3 is 2.45 bits per heavy atom. The number of carbonyl (C=O) groups excluding carboxylic acids is 1. The SMILES string of the molecule is CC(O)c1ccc2[nH]c(-c3ccccc3)c(NC(=O)c3cc(-c4ccn(C)n4)c(C(F)(F)F)cc3F)c2c1. The Balaban J connectivity index is 1.65. The molecule has 0 radical (unpaired) electrons. The third-order valence-electron chi connectivity index (χ3n) is 6.25. The van der Waals surface area contributed by atoms with E-state index in [0.717, 1.165) is 11.6 Å². The lowest BCUT2D eigenvalue weighted by atomic mass is 9.99. The Labute approximate surface area is 214 Å². The Hall–Kier alpha value is -4.44. The Bertz CT molecular complexity index is 1650. The maximum atomic E-state index is 15.0. The van der Waals surface area contributed by atoms with Crippen LogP contribution in [0, 0.1) is 5.82 Å². The number of nitrogens with one attached hydrogen (secondary N) is 2. The molecular formula is C28H22F4N4O2. The Morgan fingerprint density at radius 2 is 1.82 bits per heavy atom. The minimum absolute atomic E-state index is 0.0486. The van der Waals surface area contributed by atoms with Crippen LogP contribution < -0.4 is 5.32 Å². The molecule has 0 saturated carbocycles. The second kappa shape index (κ2) is 9.46. The maximum Gasteiger partial charge on any atom is 0.417 e. The molecule has 2 heterocycles. The summed E-state index contributed by atoms with van der Waals surface area (Å²) in [6.07, 6.45) is -4.19. The number of aromatic amines is 1. The lowest BCUT2D eigenvalue weighted by Crippen LogP contribution is -2.17. The molecule has 38 heavy (non-hydrogen) atoms. The van der Waals surface area contributed by atoms with Crippen LogP contribution in [0.5, 0.6) is 0 Å². The highest BCUT2D eigenvalue weighted by Gasteiger charge is 2.36. The highest BCUT2D eigenvalue weighted by molar-refractivity contribution is 6.13. The topological polar surface area (TPSA) is 82.9 Å². The zero-order valence-corrected chi connectivity index (χ0v) is 20.3. The van der Waals surface area contributed by atoms with Crippen molar-refractivity contribution in [1.82, 2.24) is 14.8 Å². The lowest BCUT2D eigenvalue weighted by molar-refractivity contribution is -0.137. The lowest BCUT2D eigenvalue weighted by Gasteiger charge is -2.15. The summed E-state index contributed by atoms with van der Waals surface area (Å²) in [5.41, 5.74) is 0.514. The van der Waals surface area contributed by atoms with Gasteiger partial charge in [0.2, 0.25) is 0 Å². The van der Waals surface area contributed by atoms with Crippen molar-refractivity contribution in [3.8, 4) is 22.5 Å². The van der Waals surface area contributed by atoms with Gasteiger partial charge >= 0.3 is 6.18 Å². The van der Waals surface area contributed by atoms with E-state index in [1.165, 1.54) is 24.0 Å². The van der Waals surface area contributed by atoms with Gasteiger partial charge in [-0.1, -0.05) is 36.4 Å². The van der Waals surface area contributed by atoms with Crippen molar-refractivity contribution in [2.24, 2.45) is 7.05 Å². The van der Waals surface area contributed by atoms with Gasteiger partial charge in [-0.2, -0.15) is 18.3 Å². The third-order valence-corrected chi connectivity index (χ3v) is 6.25. The number of aromatic nitrogens is 3. The zero-order chi connectivity index (χ0) is 27.2. The molecule has 5 rings (SSSR count). The summed E-state index contributed by atoms with van der Waals surface area (Å²) in [7, 11) is 1.54. The summed E-state index contributed by atoms with van der Waals surface area (Å²) in [6.45, 7) is 1.60. The number of aryl methyl sites for hydroxylation is 1. The second-order valence-corrected chi connectivity index (χ2v) is 8.93. The molecule has 1 unspecified atom stereocenters. The molecule has 3 N–H and O–H groups in total. The van der Waals surface area contributed by atoms with E-state index in [1.54, 1.807) is 25.1 Å². The van der Waals surface area contributed by atoms with Crippen LogP contribution in [-0.2, 0) is 13.2 Å². The van der Waals surface area contributed by atoms with Gasteiger partial charge < -0.3 is 15.4 Å². The third kappa shape index (κ3) is 4.66. The monoisotopic (exact) mass is 522 g/mol. The van der Waals surface area contributed by atoms with Crippen molar-refractivity contribution in [2.75, 3.05) is 5.32 Å². The van der Waals surface area contributed by atoms with E-state index in [0.29, 0.717) is 33.9 Å². The summed E-state index contributed by atoms with van der Waals surface area (Å²) in [5, 5.41) is 17.3. The van der Waals surface area contributed by atoms with Gasteiger partial charge in [-0.05, 0) is 42.8 Å². The van der Waals surface area contributed by atoms with Crippen molar-refractivity contribution in [1.29, 1.82) is 0 Å². The molecule has 0 aliphatic heterocycles. The van der Waals surface area contributed by atoms with Gasteiger partial charge in [0.05, 0.1) is 34.3 Å². The molecule has 0 fully saturated rings. The molecule has 0 bridgehead atoms. The van der Waals surface area contributed by atoms with Crippen molar-refractivity contribution in [3.63, 3.8) is 0 Å². The number of hydrogen-bond acceptors (Lipinski definition) is 3. The zero-order valence-electron chi connectivity index (χ0n) is 20.3. The van der Waals surface area contributed by atoms with E-state index in [1.807, 2.05) is 30.3 Å². The molecule has 1 amide bonds. The highest BCUT2D eigenvalue weighted by atomic mass is 19.4. The predicted molar refractivity (Wildman–Crippen MR) is 136 cm³/mol. The fraction of sp³-hybridized carbons (Fsp3) is 0.143. The molecule has 2 aromatic heterocycles. The molecule has 0 saturated heterocycles. The molecule has 0 aliphatic carbocycles. The first-order chi connectivity index (χ1) is 18.0. The summed E-state index contributed by atoms with van der Waals surface area (Å²) < 4.78 is 57.6. The molecule has 0 aliphatic rings. The van der Waals surface area contributed by atoms with Gasteiger partial charge in [0.15, 0.2) is 0 Å². The smallest absolute Gasteiger partial charge is 0.389 e. The fourth-order valence-electron chi connectivity index (χ4n) is 4.35. The van der Waals surface area contributed by atoms with E-state index in [2.05, 4.69) is 15.4 Å². The summed E-state index contributed by atoms with van der Waals surface area (Å²) in [6, 6.07) is 16.8. The Kier molecular flexibility index (Phi) is 6.28. The van der Waals surface area contributed by atoms with Crippen molar-refractivity contribution in [2.45, 2.75) is 19.2 Å². The number of amides is 1. The van der Waals surface area contributed by atoms with Crippen LogP contribution >= 0.6 is 0 Å². The first-order valence-electron chi connectivity index (χ1n) is 11.6. The molecule has 0 spiro atoms. The molecular weight excluding hydrogens is 500 g/mol. The van der Waals surface area contributed by atoms with E-state index in [9.17, 15) is 23.1 Å². The van der Waals surface area contributed by atoms with E-state index in [-0.39, 0.29) is 5.69 Å². The van der Waals surface area contributed by atoms with Gasteiger partial charge in [-0.25, -0.2) is 4.39 Å². The first kappa shape index (κ1) is 25.2. The van der Waals surface area contributed by atoms with E-state index >= 15 is 4.39 Å². The number of anilines is 1. The number of alkyl halides is 3. The van der Waals surface area contributed by atoms with Gasteiger partial charge in [0.1, 0.15) is 5.82 Å². The minimum Gasteiger partial charge on any atom is -0.389 e. The van der Waals surface area contributed by atoms with Crippen molar-refractivity contribution in [3.05, 3.63) is 95.4 Å². The summed E-state index contributed by atoms with van der Waals surface area (Å²) in [4.78, 5) is 16.6. The average Bonchev–Trinajstić information content (AvgIpc) is 3.47. The number of benzene rings is 3. The van der Waals surface area contributed by atoms with Gasteiger partial charge in [-0.3, -0.25) is 9.48 Å². The molecule has 10 heteroatoms. The number of carbonyl (C=O) groups is 1. The number of aliphatic hydroxyl groups is 1.